The molecule has 0 aromatic heterocycles. The molecule has 0 radical (unpaired) electrons. The van der Waals surface area contributed by atoms with Crippen molar-refractivity contribution in [1.29, 1.82) is 0 Å². The van der Waals surface area contributed by atoms with Crippen LogP contribution in [0.3, 0.4) is 0 Å². The Morgan fingerprint density at radius 2 is 1.57 bits per heavy atom. The van der Waals surface area contributed by atoms with Gasteiger partial charge in [0.1, 0.15) is 18.8 Å². The molecule has 4 atom stereocenters. The Hall–Kier alpha value is -1.47. The predicted molar refractivity (Wildman–Crippen MR) is 118 cm³/mol. The van der Waals surface area contributed by atoms with Crippen molar-refractivity contribution in [2.24, 2.45) is 0 Å². The van der Waals surface area contributed by atoms with E-state index >= 15 is 0 Å². The highest BCUT2D eigenvalue weighted by atomic mass is 16.6. The predicted octanol–water partition coefficient (Wildman–Crippen LogP) is 3.95. The number of allylic oxidation sites excluding steroid dienone is 6. The van der Waals surface area contributed by atoms with E-state index in [4.69, 9.17) is 9.47 Å². The fourth-order valence-corrected chi connectivity index (χ4v) is 3.21. The lowest BCUT2D eigenvalue weighted by atomic mass is 10.0. The van der Waals surface area contributed by atoms with Crippen molar-refractivity contribution in [1.82, 2.24) is 0 Å². The Kier molecular flexibility index (Phi) is 15.3. The van der Waals surface area contributed by atoms with Crippen LogP contribution in [0.4, 0.5) is 0 Å². The van der Waals surface area contributed by atoms with E-state index in [1.807, 2.05) is 0 Å². The van der Waals surface area contributed by atoms with E-state index < -0.39 is 24.6 Å². The van der Waals surface area contributed by atoms with Crippen molar-refractivity contribution in [3.8, 4) is 0 Å². The molecule has 172 valence electrons. The van der Waals surface area contributed by atoms with Crippen LogP contribution in [0.2, 0.25) is 0 Å². The van der Waals surface area contributed by atoms with Gasteiger partial charge in [-0.25, -0.2) is 0 Å². The van der Waals surface area contributed by atoms with Gasteiger partial charge in [0, 0.05) is 12.8 Å². The number of unbranched alkanes of at least 4 members (excludes halogenated alkanes) is 5. The minimum atomic E-state index is -1.16. The lowest BCUT2D eigenvalue weighted by molar-refractivity contribution is -0.242. The summed E-state index contributed by atoms with van der Waals surface area (Å²) < 4.78 is 10.2. The summed E-state index contributed by atoms with van der Waals surface area (Å²) in [6, 6.07) is 0. The fourth-order valence-electron chi connectivity index (χ4n) is 3.21. The van der Waals surface area contributed by atoms with Crippen LogP contribution in [0.15, 0.2) is 36.5 Å². The first kappa shape index (κ1) is 26.6. The van der Waals surface area contributed by atoms with E-state index in [1.165, 1.54) is 0 Å². The van der Waals surface area contributed by atoms with Gasteiger partial charge in [-0.2, -0.15) is 0 Å². The maximum absolute atomic E-state index is 11.8. The Bertz CT molecular complexity index is 528. The number of aliphatic hydroxyl groups excluding tert-OH is 3. The maximum atomic E-state index is 11.8. The van der Waals surface area contributed by atoms with Gasteiger partial charge >= 0.3 is 5.97 Å². The molecule has 0 amide bonds. The Morgan fingerprint density at radius 3 is 2.30 bits per heavy atom. The van der Waals surface area contributed by atoms with Crippen LogP contribution in [0.25, 0.3) is 0 Å². The lowest BCUT2D eigenvalue weighted by Crippen LogP contribution is -2.50. The zero-order valence-corrected chi connectivity index (χ0v) is 18.3. The highest BCUT2D eigenvalue weighted by Crippen LogP contribution is 2.19. The number of aliphatic hydroxyl groups is 3. The lowest BCUT2D eigenvalue weighted by Gasteiger charge is -2.34. The number of ether oxygens (including phenoxy) is 2. The highest BCUT2D eigenvalue weighted by Gasteiger charge is 2.36. The average Bonchev–Trinajstić information content (AvgIpc) is 2.72. The fraction of sp³-hybridized carbons (Fsp3) is 0.708. The molecule has 6 nitrogen and oxygen atoms in total. The average molecular weight is 425 g/mol. The molecule has 0 saturated carbocycles. The molecule has 3 unspecified atom stereocenters. The molecular formula is C24H40O6. The zero-order valence-electron chi connectivity index (χ0n) is 18.3. The number of rotatable bonds is 15. The van der Waals surface area contributed by atoms with E-state index in [0.717, 1.165) is 57.8 Å². The molecule has 0 aromatic rings. The Morgan fingerprint density at radius 1 is 0.933 bits per heavy atom. The van der Waals surface area contributed by atoms with Gasteiger partial charge in [-0.15, -0.1) is 0 Å². The summed E-state index contributed by atoms with van der Waals surface area (Å²) >= 11 is 0. The normalized spacial score (nSPS) is 24.9. The van der Waals surface area contributed by atoms with Crippen LogP contribution in [0.5, 0.6) is 0 Å². The third-order valence-electron chi connectivity index (χ3n) is 4.99. The molecule has 3 N–H and O–H groups in total. The van der Waals surface area contributed by atoms with Gasteiger partial charge < -0.3 is 24.8 Å². The van der Waals surface area contributed by atoms with Gasteiger partial charge in [0.2, 0.25) is 0 Å². The second kappa shape index (κ2) is 17.2. The van der Waals surface area contributed by atoms with Crippen LogP contribution < -0.4 is 0 Å². The Labute approximate surface area is 181 Å². The first-order valence-electron chi connectivity index (χ1n) is 11.3. The number of carbonyl (C=O) groups is 1. The quantitative estimate of drug-likeness (QED) is 0.209. The summed E-state index contributed by atoms with van der Waals surface area (Å²) in [6.45, 7) is 1.98. The molecule has 0 aliphatic carbocycles. The molecule has 1 aliphatic heterocycles. The van der Waals surface area contributed by atoms with Crippen molar-refractivity contribution < 1.29 is 29.6 Å². The van der Waals surface area contributed by atoms with Gasteiger partial charge in [0.15, 0.2) is 6.29 Å². The van der Waals surface area contributed by atoms with Gasteiger partial charge in [-0.1, -0.05) is 62.6 Å². The summed E-state index contributed by atoms with van der Waals surface area (Å²) in [5, 5.41) is 28.8. The second-order valence-electron chi connectivity index (χ2n) is 7.71. The molecule has 1 aliphatic rings. The van der Waals surface area contributed by atoms with Gasteiger partial charge in [-0.05, 0) is 38.5 Å². The van der Waals surface area contributed by atoms with Gasteiger partial charge in [-0.3, -0.25) is 4.79 Å². The molecular weight excluding hydrogens is 384 g/mol. The van der Waals surface area contributed by atoms with Crippen molar-refractivity contribution in [2.75, 3.05) is 6.61 Å². The standard InChI is InChI=1S/C24H40O6/c1-2-3-4-5-6-7-8-9-10-11-12-13-14-15-16-17-22(26)29-19-21-24(28)20(25)18-23(27)30-21/h3-4,6-7,9-10,20-21,23-25,27-28H,2,5,8,11-19H2,1H3/b4-3-,7-6-,10-9-/t20?,21-,23?,24?/m1/s1. The molecule has 6 heteroatoms. The third kappa shape index (κ3) is 13.0. The van der Waals surface area contributed by atoms with Crippen molar-refractivity contribution >= 4 is 5.97 Å². The minimum Gasteiger partial charge on any atom is -0.463 e. The highest BCUT2D eigenvalue weighted by molar-refractivity contribution is 5.69. The van der Waals surface area contributed by atoms with Crippen LogP contribution >= 0.6 is 0 Å². The molecule has 0 bridgehead atoms. The van der Waals surface area contributed by atoms with Crippen LogP contribution in [0.1, 0.15) is 77.6 Å². The van der Waals surface area contributed by atoms with Gasteiger partial charge in [0.05, 0.1) is 6.10 Å². The zero-order chi connectivity index (χ0) is 22.0. The van der Waals surface area contributed by atoms with E-state index in [9.17, 15) is 20.1 Å². The number of esters is 1. The second-order valence-corrected chi connectivity index (χ2v) is 7.71. The van der Waals surface area contributed by atoms with Crippen LogP contribution in [-0.2, 0) is 14.3 Å². The van der Waals surface area contributed by atoms with E-state index in [1.54, 1.807) is 0 Å². The van der Waals surface area contributed by atoms with Crippen molar-refractivity contribution in [3.05, 3.63) is 36.5 Å². The van der Waals surface area contributed by atoms with Gasteiger partial charge in [0.25, 0.3) is 0 Å². The molecule has 30 heavy (non-hydrogen) atoms. The largest absolute Gasteiger partial charge is 0.463 e. The summed E-state index contributed by atoms with van der Waals surface area (Å²) in [5.41, 5.74) is 0. The molecule has 1 saturated heterocycles. The summed E-state index contributed by atoms with van der Waals surface area (Å²) in [7, 11) is 0. The van der Waals surface area contributed by atoms with E-state index in [-0.39, 0.29) is 19.0 Å². The molecule has 0 spiro atoms. The minimum absolute atomic E-state index is 0.0462. The number of hydrogen-bond donors (Lipinski definition) is 3. The molecule has 1 rings (SSSR count). The summed E-state index contributed by atoms with van der Waals surface area (Å²) in [6.07, 6.45) is 18.5. The van der Waals surface area contributed by atoms with E-state index in [2.05, 4.69) is 43.4 Å². The maximum Gasteiger partial charge on any atom is 0.305 e. The smallest absolute Gasteiger partial charge is 0.305 e. The summed E-state index contributed by atoms with van der Waals surface area (Å²) in [5.74, 6) is -0.346. The van der Waals surface area contributed by atoms with Crippen LogP contribution in [-0.4, -0.2) is 52.5 Å². The number of carbonyl (C=O) groups excluding carboxylic acids is 1. The Balaban J connectivity index is 1.94. The van der Waals surface area contributed by atoms with Crippen molar-refractivity contribution in [2.45, 2.75) is 102 Å². The molecule has 0 aromatic carbocycles. The topological polar surface area (TPSA) is 96.2 Å². The molecule has 1 heterocycles. The first-order valence-corrected chi connectivity index (χ1v) is 11.3. The first-order chi connectivity index (χ1) is 14.5. The monoisotopic (exact) mass is 424 g/mol. The van der Waals surface area contributed by atoms with Crippen LogP contribution in [0, 0.1) is 0 Å². The van der Waals surface area contributed by atoms with E-state index in [0.29, 0.717) is 6.42 Å². The summed E-state index contributed by atoms with van der Waals surface area (Å²) in [4.78, 5) is 11.8. The molecule has 1 fully saturated rings. The third-order valence-corrected chi connectivity index (χ3v) is 4.99. The van der Waals surface area contributed by atoms with Crippen molar-refractivity contribution in [3.63, 3.8) is 0 Å². The SMILES string of the molecule is CC/C=C\C/C=C\C/C=C\CCCCCCCC(=O)OC[C@H]1OC(O)CC(O)C1O. The number of hydrogen-bond acceptors (Lipinski definition) is 6.